The number of sulfonamides is 1. The lowest BCUT2D eigenvalue weighted by Gasteiger charge is -2.35. The van der Waals surface area contributed by atoms with Crippen molar-refractivity contribution < 1.29 is 12.8 Å². The summed E-state index contributed by atoms with van der Waals surface area (Å²) in [7, 11) is -2.16. The molecule has 1 aliphatic rings. The summed E-state index contributed by atoms with van der Waals surface area (Å²) in [5.41, 5.74) is -1.18. The molecule has 0 spiro atoms. The number of hydrogen-bond acceptors (Lipinski definition) is 4. The van der Waals surface area contributed by atoms with Gasteiger partial charge < -0.3 is 4.90 Å². The zero-order chi connectivity index (χ0) is 15.7. The molecule has 0 saturated carbocycles. The quantitative estimate of drug-likeness (QED) is 0.915. The normalized spacial score (nSPS) is 19.1. The van der Waals surface area contributed by atoms with Crippen molar-refractivity contribution in [1.82, 2.24) is 9.62 Å². The molecule has 21 heavy (non-hydrogen) atoms. The molecule has 0 bridgehead atoms. The number of rotatable bonds is 3. The minimum absolute atomic E-state index is 0.0788. The summed E-state index contributed by atoms with van der Waals surface area (Å²) in [5, 5.41) is 9.28. The molecule has 0 atom stereocenters. The molecule has 1 fully saturated rings. The van der Waals surface area contributed by atoms with E-state index in [1.807, 2.05) is 18.0 Å². The Morgan fingerprint density at radius 1 is 1.43 bits per heavy atom. The van der Waals surface area contributed by atoms with E-state index in [1.165, 1.54) is 6.07 Å². The van der Waals surface area contributed by atoms with E-state index in [4.69, 9.17) is 11.6 Å². The molecular formula is C13H15ClFN3O2S. The summed E-state index contributed by atoms with van der Waals surface area (Å²) >= 11 is 5.83. The number of hydrogen-bond donors (Lipinski definition) is 1. The second-order valence-corrected chi connectivity index (χ2v) is 7.24. The molecule has 0 amide bonds. The summed E-state index contributed by atoms with van der Waals surface area (Å²) in [5.74, 6) is -0.700. The number of likely N-dealkylation sites (tertiary alicyclic amines) is 1. The van der Waals surface area contributed by atoms with Gasteiger partial charge in [0.05, 0.1) is 11.1 Å². The van der Waals surface area contributed by atoms with Gasteiger partial charge in [-0.3, -0.25) is 0 Å². The molecule has 2 rings (SSSR count). The Labute approximate surface area is 128 Å². The fourth-order valence-corrected chi connectivity index (χ4v) is 4.12. The van der Waals surface area contributed by atoms with Crippen molar-refractivity contribution in [3.63, 3.8) is 0 Å². The molecule has 1 N–H and O–H groups in total. The van der Waals surface area contributed by atoms with Crippen molar-refractivity contribution in [2.24, 2.45) is 0 Å². The number of piperidine rings is 1. The highest BCUT2D eigenvalue weighted by molar-refractivity contribution is 7.89. The molecule has 0 aromatic heterocycles. The summed E-state index contributed by atoms with van der Waals surface area (Å²) in [4.78, 5) is 1.66. The minimum atomic E-state index is -4.06. The maximum absolute atomic E-state index is 13.3. The van der Waals surface area contributed by atoms with Crippen molar-refractivity contribution in [2.75, 3.05) is 20.1 Å². The lowest BCUT2D eigenvalue weighted by atomic mass is 9.91. The van der Waals surface area contributed by atoms with E-state index in [9.17, 15) is 18.1 Å². The van der Waals surface area contributed by atoms with E-state index in [0.29, 0.717) is 25.9 Å². The molecule has 1 aromatic rings. The Morgan fingerprint density at radius 3 is 2.62 bits per heavy atom. The van der Waals surface area contributed by atoms with Crippen LogP contribution in [0.2, 0.25) is 5.02 Å². The van der Waals surface area contributed by atoms with Crippen LogP contribution in [-0.2, 0) is 10.0 Å². The first kappa shape index (κ1) is 16.2. The molecule has 1 aliphatic heterocycles. The van der Waals surface area contributed by atoms with Crippen molar-refractivity contribution >= 4 is 21.6 Å². The van der Waals surface area contributed by atoms with Gasteiger partial charge in [0.25, 0.3) is 0 Å². The Bertz CT molecular complexity index is 679. The standard InChI is InChI=1S/C13H15ClFN3O2S/c1-18-6-4-13(9-16,5-7-18)17-21(19,20)12-8-10(15)2-3-11(12)14/h2-3,8,17H,4-7H2,1H3. The molecule has 1 heterocycles. The molecule has 0 radical (unpaired) electrons. The molecule has 0 aliphatic carbocycles. The smallest absolute Gasteiger partial charge is 0.243 e. The maximum atomic E-state index is 13.3. The van der Waals surface area contributed by atoms with E-state index in [1.54, 1.807) is 0 Å². The Balaban J connectivity index is 2.32. The van der Waals surface area contributed by atoms with Crippen LogP contribution in [0.3, 0.4) is 0 Å². The first-order valence-electron chi connectivity index (χ1n) is 6.37. The van der Waals surface area contributed by atoms with Crippen LogP contribution in [0.15, 0.2) is 23.1 Å². The second-order valence-electron chi connectivity index (χ2n) is 5.18. The lowest BCUT2D eigenvalue weighted by molar-refractivity contribution is 0.213. The molecule has 0 unspecified atom stereocenters. The van der Waals surface area contributed by atoms with Crippen LogP contribution in [0, 0.1) is 17.1 Å². The number of benzene rings is 1. The summed E-state index contributed by atoms with van der Waals surface area (Å²) in [6.07, 6.45) is 0.734. The molecule has 1 saturated heterocycles. The third kappa shape index (κ3) is 3.52. The zero-order valence-corrected chi connectivity index (χ0v) is 13.0. The highest BCUT2D eigenvalue weighted by Gasteiger charge is 2.38. The largest absolute Gasteiger partial charge is 0.306 e. The van der Waals surface area contributed by atoms with Crippen LogP contribution < -0.4 is 4.72 Å². The van der Waals surface area contributed by atoms with E-state index < -0.39 is 21.4 Å². The van der Waals surface area contributed by atoms with Gasteiger partial charge in [0, 0.05) is 13.1 Å². The molecule has 114 valence electrons. The monoisotopic (exact) mass is 331 g/mol. The van der Waals surface area contributed by atoms with E-state index in [0.717, 1.165) is 12.1 Å². The van der Waals surface area contributed by atoms with Gasteiger partial charge in [-0.25, -0.2) is 12.8 Å². The fourth-order valence-electron chi connectivity index (χ4n) is 2.23. The van der Waals surface area contributed by atoms with Crippen molar-refractivity contribution in [3.8, 4) is 6.07 Å². The fraction of sp³-hybridized carbons (Fsp3) is 0.462. The Hall–Kier alpha value is -1.20. The van der Waals surface area contributed by atoms with Crippen LogP contribution in [0.1, 0.15) is 12.8 Å². The number of nitrogens with zero attached hydrogens (tertiary/aromatic N) is 2. The van der Waals surface area contributed by atoms with Crippen LogP contribution in [0.4, 0.5) is 4.39 Å². The second kappa shape index (κ2) is 5.89. The first-order chi connectivity index (χ1) is 9.78. The molecule has 5 nitrogen and oxygen atoms in total. The van der Waals surface area contributed by atoms with E-state index in [2.05, 4.69) is 4.72 Å². The number of nitrogens with one attached hydrogen (secondary N) is 1. The van der Waals surface area contributed by atoms with Crippen LogP contribution >= 0.6 is 11.6 Å². The van der Waals surface area contributed by atoms with Crippen molar-refractivity contribution in [1.29, 1.82) is 5.26 Å². The van der Waals surface area contributed by atoms with Gasteiger partial charge in [0.15, 0.2) is 0 Å². The SMILES string of the molecule is CN1CCC(C#N)(NS(=O)(=O)c2cc(F)ccc2Cl)CC1. The Morgan fingerprint density at radius 2 is 2.05 bits per heavy atom. The van der Waals surface area contributed by atoms with Gasteiger partial charge in [0.1, 0.15) is 16.3 Å². The molecule has 8 heteroatoms. The summed E-state index contributed by atoms with van der Waals surface area (Å²) in [6.45, 7) is 1.21. The maximum Gasteiger partial charge on any atom is 0.243 e. The zero-order valence-electron chi connectivity index (χ0n) is 11.4. The van der Waals surface area contributed by atoms with Gasteiger partial charge >= 0.3 is 0 Å². The molecule has 1 aromatic carbocycles. The van der Waals surface area contributed by atoms with Gasteiger partial charge in [-0.2, -0.15) is 9.98 Å². The van der Waals surface area contributed by atoms with Crippen LogP contribution in [-0.4, -0.2) is 39.0 Å². The first-order valence-corrected chi connectivity index (χ1v) is 8.23. The topological polar surface area (TPSA) is 73.2 Å². The Kier molecular flexibility index (Phi) is 4.54. The van der Waals surface area contributed by atoms with Gasteiger partial charge in [0.2, 0.25) is 10.0 Å². The third-order valence-corrected chi connectivity index (χ3v) is 5.59. The predicted molar refractivity (Wildman–Crippen MR) is 76.8 cm³/mol. The highest BCUT2D eigenvalue weighted by atomic mass is 35.5. The summed E-state index contributed by atoms with van der Waals surface area (Å²) < 4.78 is 40.4. The van der Waals surface area contributed by atoms with Crippen LogP contribution in [0.5, 0.6) is 0 Å². The number of halogens is 2. The van der Waals surface area contributed by atoms with E-state index in [-0.39, 0.29) is 9.92 Å². The van der Waals surface area contributed by atoms with Crippen LogP contribution in [0.25, 0.3) is 0 Å². The minimum Gasteiger partial charge on any atom is -0.306 e. The van der Waals surface area contributed by atoms with Gasteiger partial charge in [-0.05, 0) is 38.1 Å². The highest BCUT2D eigenvalue weighted by Crippen LogP contribution is 2.27. The summed E-state index contributed by atoms with van der Waals surface area (Å²) in [6, 6.07) is 5.16. The van der Waals surface area contributed by atoms with Gasteiger partial charge in [-0.1, -0.05) is 11.6 Å². The lowest BCUT2D eigenvalue weighted by Crippen LogP contribution is -2.53. The van der Waals surface area contributed by atoms with Crippen molar-refractivity contribution in [3.05, 3.63) is 29.0 Å². The number of nitriles is 1. The predicted octanol–water partition coefficient (Wildman–Crippen LogP) is 1.75. The van der Waals surface area contributed by atoms with E-state index >= 15 is 0 Å². The molecular weight excluding hydrogens is 317 g/mol. The van der Waals surface area contributed by atoms with Gasteiger partial charge in [-0.15, -0.1) is 0 Å². The average Bonchev–Trinajstić information content (AvgIpc) is 2.44. The van der Waals surface area contributed by atoms with Crippen molar-refractivity contribution in [2.45, 2.75) is 23.3 Å². The third-order valence-electron chi connectivity index (χ3n) is 3.57. The average molecular weight is 332 g/mol.